The predicted octanol–water partition coefficient (Wildman–Crippen LogP) is -0.101. The van der Waals surface area contributed by atoms with Crippen molar-refractivity contribution in [1.82, 2.24) is 15.0 Å². The summed E-state index contributed by atoms with van der Waals surface area (Å²) in [6.07, 6.45) is 1.38. The lowest BCUT2D eigenvalue weighted by molar-refractivity contribution is 0.555. The number of pyridine rings is 1. The minimum absolute atomic E-state index is 0.223. The molecule has 0 bridgehead atoms. The van der Waals surface area contributed by atoms with Gasteiger partial charge >= 0.3 is 0 Å². The number of nitrogens with zero attached hydrogens (tertiary/aromatic N) is 2. The van der Waals surface area contributed by atoms with Crippen LogP contribution >= 0.6 is 0 Å². The molecule has 0 amide bonds. The Balaban J connectivity index is 2.75. The van der Waals surface area contributed by atoms with Crippen molar-refractivity contribution in [3.63, 3.8) is 0 Å². The monoisotopic (exact) mass is 211 g/mol. The summed E-state index contributed by atoms with van der Waals surface area (Å²) in [6.45, 7) is 0. The van der Waals surface area contributed by atoms with Crippen molar-refractivity contribution in [2.24, 2.45) is 0 Å². The first-order valence-electron chi connectivity index (χ1n) is 3.64. The van der Waals surface area contributed by atoms with E-state index in [4.69, 9.17) is 4.55 Å². The highest BCUT2D eigenvalue weighted by atomic mass is 32.2. The second kappa shape index (κ2) is 3.28. The molecule has 1 unspecified atom stereocenters. The van der Waals surface area contributed by atoms with Gasteiger partial charge in [0, 0.05) is 17.6 Å². The van der Waals surface area contributed by atoms with Crippen LogP contribution < -0.4 is 5.56 Å². The van der Waals surface area contributed by atoms with E-state index in [1.165, 1.54) is 18.3 Å². The molecule has 0 aliphatic carbocycles. The van der Waals surface area contributed by atoms with Gasteiger partial charge < -0.3 is 4.98 Å². The smallest absolute Gasteiger partial charge is 0.249 e. The zero-order valence-corrected chi connectivity index (χ0v) is 7.61. The lowest BCUT2D eigenvalue weighted by Gasteiger charge is -1.96. The molecule has 72 valence electrons. The number of rotatable bonds is 1. The van der Waals surface area contributed by atoms with Crippen LogP contribution in [-0.2, 0) is 11.1 Å². The summed E-state index contributed by atoms with van der Waals surface area (Å²) in [5.74, 6) is 0. The molecule has 14 heavy (non-hydrogen) atoms. The average Bonchev–Trinajstić information content (AvgIpc) is 2.16. The Morgan fingerprint density at radius 3 is 2.93 bits per heavy atom. The van der Waals surface area contributed by atoms with Crippen molar-refractivity contribution in [3.05, 3.63) is 28.7 Å². The maximum absolute atomic E-state index is 10.9. The summed E-state index contributed by atoms with van der Waals surface area (Å²) in [5.41, 5.74) is -0.0595. The molecule has 2 aromatic rings. The maximum atomic E-state index is 10.9. The Bertz CT molecular complexity index is 565. The zero-order chi connectivity index (χ0) is 10.1. The van der Waals surface area contributed by atoms with Crippen LogP contribution in [0.5, 0.6) is 0 Å². The number of hydrogen-bond donors (Lipinski definition) is 2. The molecule has 2 heterocycles. The number of hydrogen-bond acceptors (Lipinski definition) is 4. The average molecular weight is 211 g/mol. The van der Waals surface area contributed by atoms with Gasteiger partial charge in [0.05, 0.1) is 0 Å². The maximum Gasteiger partial charge on any atom is 0.249 e. The van der Waals surface area contributed by atoms with Crippen molar-refractivity contribution in [2.75, 3.05) is 0 Å². The molecule has 2 N–H and O–H groups in total. The van der Waals surface area contributed by atoms with E-state index in [0.717, 1.165) is 0 Å². The molecule has 0 radical (unpaired) electrons. The van der Waals surface area contributed by atoms with E-state index in [1.807, 2.05) is 0 Å². The summed E-state index contributed by atoms with van der Waals surface area (Å²) in [4.78, 5) is 20.7. The van der Waals surface area contributed by atoms with Gasteiger partial charge in [0.1, 0.15) is 5.65 Å². The van der Waals surface area contributed by atoms with Gasteiger partial charge in [0.25, 0.3) is 0 Å². The lowest BCUT2D eigenvalue weighted by atomic mass is 10.3. The molecule has 0 saturated carbocycles. The third kappa shape index (κ3) is 1.54. The molecule has 1 atom stereocenters. The Labute approximate surface area is 80.3 Å². The zero-order valence-electron chi connectivity index (χ0n) is 6.80. The van der Waals surface area contributed by atoms with E-state index in [2.05, 4.69) is 15.0 Å². The number of fused-ring (bicyclic) bond motifs is 1. The summed E-state index contributed by atoms with van der Waals surface area (Å²) in [5, 5.41) is 0.387. The van der Waals surface area contributed by atoms with Crippen LogP contribution in [0, 0.1) is 0 Å². The van der Waals surface area contributed by atoms with E-state index in [0.29, 0.717) is 5.39 Å². The molecule has 2 rings (SSSR count). The summed E-state index contributed by atoms with van der Waals surface area (Å²) < 4.78 is 19.3. The second-order valence-electron chi connectivity index (χ2n) is 2.53. The van der Waals surface area contributed by atoms with Crippen LogP contribution in [0.1, 0.15) is 0 Å². The van der Waals surface area contributed by atoms with Gasteiger partial charge in [0.15, 0.2) is 0 Å². The Hall–Kier alpha value is -1.60. The molecule has 0 saturated heterocycles. The van der Waals surface area contributed by atoms with Crippen molar-refractivity contribution in [1.29, 1.82) is 0 Å². The predicted molar refractivity (Wildman–Crippen MR) is 49.2 cm³/mol. The van der Waals surface area contributed by atoms with Crippen molar-refractivity contribution in [2.45, 2.75) is 5.16 Å². The highest BCUT2D eigenvalue weighted by Crippen LogP contribution is 2.05. The number of H-pyrrole nitrogens is 1. The first kappa shape index (κ1) is 8.97. The lowest BCUT2D eigenvalue weighted by Crippen LogP contribution is -2.06. The third-order valence-electron chi connectivity index (χ3n) is 1.61. The normalized spacial score (nSPS) is 12.9. The summed E-state index contributed by atoms with van der Waals surface area (Å²) in [6, 6.07) is 2.87. The minimum Gasteiger partial charge on any atom is -0.306 e. The first-order chi connectivity index (χ1) is 6.66. The minimum atomic E-state index is -2.24. The molecular weight excluding hydrogens is 206 g/mol. The van der Waals surface area contributed by atoms with Crippen LogP contribution in [0.15, 0.2) is 28.3 Å². The van der Waals surface area contributed by atoms with Crippen LogP contribution in [0.4, 0.5) is 0 Å². The third-order valence-corrected chi connectivity index (χ3v) is 2.12. The van der Waals surface area contributed by atoms with Gasteiger partial charge in [-0.05, 0) is 6.07 Å². The fourth-order valence-electron chi connectivity index (χ4n) is 1.01. The molecule has 6 nitrogen and oxygen atoms in total. The fourth-order valence-corrected chi connectivity index (χ4v) is 1.32. The van der Waals surface area contributed by atoms with Gasteiger partial charge in [-0.25, -0.2) is 14.2 Å². The Kier molecular flexibility index (Phi) is 2.10. The van der Waals surface area contributed by atoms with E-state index in [-0.39, 0.29) is 16.4 Å². The van der Waals surface area contributed by atoms with Crippen LogP contribution in [-0.4, -0.2) is 23.7 Å². The molecule has 2 aromatic heterocycles. The van der Waals surface area contributed by atoms with E-state index in [9.17, 15) is 9.00 Å². The van der Waals surface area contributed by atoms with Crippen molar-refractivity contribution < 1.29 is 8.76 Å². The SMILES string of the molecule is O=c1ccc2cnc(S(=O)O)nc2[nH]1. The van der Waals surface area contributed by atoms with E-state index < -0.39 is 11.1 Å². The molecular formula is C7H5N3O3S. The first-order valence-corrected chi connectivity index (χ1v) is 4.74. The van der Waals surface area contributed by atoms with Gasteiger partial charge in [-0.1, -0.05) is 0 Å². The van der Waals surface area contributed by atoms with Crippen molar-refractivity contribution >= 4 is 22.1 Å². The standard InChI is InChI=1S/C7H5N3O3S/c11-5-2-1-4-3-8-7(14(12)13)10-6(4)9-5/h1-3H,(H,12,13)(H,8,9,10,11). The highest BCUT2D eigenvalue weighted by Gasteiger charge is 2.04. The van der Waals surface area contributed by atoms with Crippen LogP contribution in [0.25, 0.3) is 11.0 Å². The largest absolute Gasteiger partial charge is 0.306 e. The van der Waals surface area contributed by atoms with Gasteiger partial charge in [-0.3, -0.25) is 9.35 Å². The van der Waals surface area contributed by atoms with Crippen molar-refractivity contribution in [3.8, 4) is 0 Å². The van der Waals surface area contributed by atoms with Gasteiger partial charge in [0.2, 0.25) is 21.8 Å². The van der Waals surface area contributed by atoms with Gasteiger partial charge in [-0.15, -0.1) is 0 Å². The van der Waals surface area contributed by atoms with Crippen LogP contribution in [0.3, 0.4) is 0 Å². The number of nitrogens with one attached hydrogen (secondary N) is 1. The topological polar surface area (TPSA) is 95.9 Å². The number of aromatic amines is 1. The summed E-state index contributed by atoms with van der Waals surface area (Å²) >= 11 is -2.24. The molecule has 0 fully saturated rings. The molecule has 7 heteroatoms. The van der Waals surface area contributed by atoms with E-state index >= 15 is 0 Å². The second-order valence-corrected chi connectivity index (χ2v) is 3.39. The summed E-state index contributed by atoms with van der Waals surface area (Å²) in [7, 11) is 0. The van der Waals surface area contributed by atoms with Crippen LogP contribution in [0.2, 0.25) is 0 Å². The molecule has 0 spiro atoms. The Morgan fingerprint density at radius 2 is 2.21 bits per heavy atom. The molecule has 0 aliphatic rings. The fraction of sp³-hybridized carbons (Fsp3) is 0. The quantitative estimate of drug-likeness (QED) is 0.507. The number of aromatic nitrogens is 3. The highest BCUT2D eigenvalue weighted by molar-refractivity contribution is 7.79. The van der Waals surface area contributed by atoms with E-state index in [1.54, 1.807) is 0 Å². The molecule has 0 aliphatic heterocycles. The van der Waals surface area contributed by atoms with Gasteiger partial charge in [-0.2, -0.15) is 0 Å². The molecule has 0 aromatic carbocycles. The Morgan fingerprint density at radius 1 is 1.43 bits per heavy atom.